The van der Waals surface area contributed by atoms with Gasteiger partial charge in [-0.25, -0.2) is 9.97 Å². The first-order valence-electron chi connectivity index (χ1n) is 7.25. The van der Waals surface area contributed by atoms with Gasteiger partial charge in [0, 0.05) is 27.7 Å². The number of hydrogen-bond acceptors (Lipinski definition) is 5. The van der Waals surface area contributed by atoms with Crippen molar-refractivity contribution in [2.45, 2.75) is 6.54 Å². The van der Waals surface area contributed by atoms with Gasteiger partial charge in [0.2, 0.25) is 5.82 Å². The van der Waals surface area contributed by atoms with Crippen molar-refractivity contribution in [3.05, 3.63) is 47.9 Å². The van der Waals surface area contributed by atoms with Gasteiger partial charge in [0.25, 0.3) is 5.91 Å². The van der Waals surface area contributed by atoms with E-state index in [-0.39, 0.29) is 11.7 Å². The predicted molar refractivity (Wildman–Crippen MR) is 88.2 cm³/mol. The van der Waals surface area contributed by atoms with Crippen LogP contribution in [-0.2, 0) is 13.6 Å². The molecule has 0 aliphatic heterocycles. The maximum absolute atomic E-state index is 12.4. The van der Waals surface area contributed by atoms with Crippen molar-refractivity contribution in [2.24, 2.45) is 7.05 Å². The van der Waals surface area contributed by atoms with Crippen molar-refractivity contribution in [3.8, 4) is 0 Å². The third-order valence-electron chi connectivity index (χ3n) is 3.49. The number of amides is 1. The molecule has 1 N–H and O–H groups in total. The molecular weight excluding hydrogens is 292 g/mol. The smallest absolute Gasteiger partial charge is 0.289 e. The summed E-state index contributed by atoms with van der Waals surface area (Å²) in [5.41, 5.74) is 1.66. The largest absolute Gasteiger partial charge is 0.362 e. The lowest BCUT2D eigenvalue weighted by Gasteiger charge is -2.13. The summed E-state index contributed by atoms with van der Waals surface area (Å²) < 4.78 is 1.64. The van der Waals surface area contributed by atoms with Crippen LogP contribution in [0.1, 0.15) is 16.2 Å². The number of nitrogens with one attached hydrogen (secondary N) is 1. The van der Waals surface area contributed by atoms with Gasteiger partial charge in [-0.05, 0) is 5.56 Å². The lowest BCUT2D eigenvalue weighted by molar-refractivity contribution is 0.0941. The Morgan fingerprint density at radius 3 is 2.65 bits per heavy atom. The van der Waals surface area contributed by atoms with Crippen molar-refractivity contribution < 1.29 is 4.79 Å². The number of hydrogen-bond donors (Lipinski definition) is 1. The fraction of sp³-hybridized carbons (Fsp3) is 0.250. The SMILES string of the molecule is CN(C)c1nc(C(=O)NCc2ccccc2)nc2c1cnn2C. The summed E-state index contributed by atoms with van der Waals surface area (Å²) in [7, 11) is 5.54. The molecule has 3 rings (SSSR count). The highest BCUT2D eigenvalue weighted by atomic mass is 16.2. The first-order valence-corrected chi connectivity index (χ1v) is 7.25. The predicted octanol–water partition coefficient (Wildman–Crippen LogP) is 1.36. The minimum Gasteiger partial charge on any atom is -0.362 e. The molecule has 0 aliphatic rings. The second-order valence-electron chi connectivity index (χ2n) is 5.44. The van der Waals surface area contributed by atoms with Crippen LogP contribution in [0.25, 0.3) is 11.0 Å². The summed E-state index contributed by atoms with van der Waals surface area (Å²) in [6.07, 6.45) is 1.70. The topological polar surface area (TPSA) is 75.9 Å². The van der Waals surface area contributed by atoms with E-state index in [9.17, 15) is 4.79 Å². The van der Waals surface area contributed by atoms with Crippen molar-refractivity contribution in [1.82, 2.24) is 25.1 Å². The average molecular weight is 310 g/mol. The molecule has 23 heavy (non-hydrogen) atoms. The molecule has 2 aromatic heterocycles. The number of anilines is 1. The molecule has 0 bridgehead atoms. The molecule has 1 amide bonds. The molecule has 0 unspecified atom stereocenters. The number of aromatic nitrogens is 4. The molecular formula is C16H18N6O. The molecule has 118 valence electrons. The van der Waals surface area contributed by atoms with Crippen molar-refractivity contribution in [3.63, 3.8) is 0 Å². The molecule has 0 radical (unpaired) electrons. The number of carbonyl (C=O) groups excluding carboxylic acids is 1. The minimum absolute atomic E-state index is 0.140. The van der Waals surface area contributed by atoms with Gasteiger partial charge < -0.3 is 10.2 Å². The van der Waals surface area contributed by atoms with Crippen LogP contribution in [0.4, 0.5) is 5.82 Å². The monoisotopic (exact) mass is 310 g/mol. The molecule has 1 aromatic carbocycles. The van der Waals surface area contributed by atoms with Gasteiger partial charge in [0.1, 0.15) is 5.82 Å². The van der Waals surface area contributed by atoms with Crippen molar-refractivity contribution in [2.75, 3.05) is 19.0 Å². The van der Waals surface area contributed by atoms with E-state index >= 15 is 0 Å². The summed E-state index contributed by atoms with van der Waals surface area (Å²) >= 11 is 0. The van der Waals surface area contributed by atoms with Crippen LogP contribution in [-0.4, -0.2) is 39.8 Å². The number of fused-ring (bicyclic) bond motifs is 1. The molecule has 7 heteroatoms. The molecule has 0 fully saturated rings. The first kappa shape index (κ1) is 15.0. The van der Waals surface area contributed by atoms with E-state index in [0.717, 1.165) is 10.9 Å². The molecule has 0 spiro atoms. The minimum atomic E-state index is -0.306. The highest BCUT2D eigenvalue weighted by molar-refractivity contribution is 5.95. The second kappa shape index (κ2) is 6.04. The zero-order chi connectivity index (χ0) is 16.4. The number of rotatable bonds is 4. The summed E-state index contributed by atoms with van der Waals surface area (Å²) in [6.45, 7) is 0.434. The Hall–Kier alpha value is -2.96. The van der Waals surface area contributed by atoms with Crippen molar-refractivity contribution in [1.29, 1.82) is 0 Å². The summed E-state index contributed by atoms with van der Waals surface area (Å²) in [6, 6.07) is 9.72. The molecule has 7 nitrogen and oxygen atoms in total. The molecule has 0 saturated heterocycles. The Balaban J connectivity index is 1.89. The highest BCUT2D eigenvalue weighted by Gasteiger charge is 2.17. The Kier molecular flexibility index (Phi) is 3.92. The molecule has 0 saturated carbocycles. The van der Waals surface area contributed by atoms with E-state index in [1.807, 2.05) is 49.3 Å². The Morgan fingerprint density at radius 2 is 1.96 bits per heavy atom. The normalized spacial score (nSPS) is 10.7. The molecule has 0 aliphatic carbocycles. The lowest BCUT2D eigenvalue weighted by Crippen LogP contribution is -2.26. The van der Waals surface area contributed by atoms with E-state index in [1.165, 1.54) is 0 Å². The lowest BCUT2D eigenvalue weighted by atomic mass is 10.2. The summed E-state index contributed by atoms with van der Waals surface area (Å²) in [5, 5.41) is 7.85. The van der Waals surface area contributed by atoms with Crippen LogP contribution in [0.15, 0.2) is 36.5 Å². The number of aryl methyl sites for hydroxylation is 1. The van der Waals surface area contributed by atoms with Crippen LogP contribution >= 0.6 is 0 Å². The zero-order valence-corrected chi connectivity index (χ0v) is 13.3. The van der Waals surface area contributed by atoms with Gasteiger partial charge in [-0.15, -0.1) is 0 Å². The quantitative estimate of drug-likeness (QED) is 0.787. The van der Waals surface area contributed by atoms with Gasteiger partial charge in [-0.3, -0.25) is 9.48 Å². The van der Waals surface area contributed by atoms with Gasteiger partial charge in [-0.2, -0.15) is 5.10 Å². The maximum atomic E-state index is 12.4. The fourth-order valence-electron chi connectivity index (χ4n) is 2.31. The van der Waals surface area contributed by atoms with Crippen LogP contribution in [0, 0.1) is 0 Å². The van der Waals surface area contributed by atoms with Crippen LogP contribution in [0.2, 0.25) is 0 Å². The maximum Gasteiger partial charge on any atom is 0.289 e. The third kappa shape index (κ3) is 2.98. The molecule has 0 atom stereocenters. The van der Waals surface area contributed by atoms with Crippen LogP contribution in [0.3, 0.4) is 0 Å². The van der Waals surface area contributed by atoms with Crippen molar-refractivity contribution >= 4 is 22.8 Å². The number of nitrogens with zero attached hydrogens (tertiary/aromatic N) is 5. The van der Waals surface area contributed by atoms with Gasteiger partial charge in [-0.1, -0.05) is 30.3 Å². The summed E-state index contributed by atoms with van der Waals surface area (Å²) in [5.74, 6) is 0.508. The van der Waals surface area contributed by atoms with Crippen LogP contribution in [0.5, 0.6) is 0 Å². The van der Waals surface area contributed by atoms with E-state index in [0.29, 0.717) is 18.0 Å². The van der Waals surface area contributed by atoms with Crippen LogP contribution < -0.4 is 10.2 Å². The Labute approximate surface area is 134 Å². The van der Waals surface area contributed by atoms with Gasteiger partial charge in [0.15, 0.2) is 5.65 Å². The Bertz CT molecular complexity index is 840. The Morgan fingerprint density at radius 1 is 1.22 bits per heavy atom. The molecule has 2 heterocycles. The van der Waals surface area contributed by atoms with E-state index < -0.39 is 0 Å². The van der Waals surface area contributed by atoms with E-state index in [1.54, 1.807) is 17.9 Å². The van der Waals surface area contributed by atoms with E-state index in [2.05, 4.69) is 20.4 Å². The fourth-order valence-corrected chi connectivity index (χ4v) is 2.31. The third-order valence-corrected chi connectivity index (χ3v) is 3.49. The second-order valence-corrected chi connectivity index (χ2v) is 5.44. The number of benzene rings is 1. The van der Waals surface area contributed by atoms with Gasteiger partial charge >= 0.3 is 0 Å². The molecule has 3 aromatic rings. The zero-order valence-electron chi connectivity index (χ0n) is 13.3. The van der Waals surface area contributed by atoms with Gasteiger partial charge in [0.05, 0.1) is 11.6 Å². The average Bonchev–Trinajstić information content (AvgIpc) is 2.94. The standard InChI is InChI=1S/C16H18N6O/c1-21(2)14-12-10-18-22(3)15(12)20-13(19-14)16(23)17-9-11-7-5-4-6-8-11/h4-8,10H,9H2,1-3H3,(H,17,23). The van der Waals surface area contributed by atoms with E-state index in [4.69, 9.17) is 0 Å². The highest BCUT2D eigenvalue weighted by Crippen LogP contribution is 2.21. The number of carbonyl (C=O) groups is 1. The first-order chi connectivity index (χ1) is 11.1. The summed E-state index contributed by atoms with van der Waals surface area (Å²) in [4.78, 5) is 22.9.